The number of hydrogen-bond donors (Lipinski definition) is 1. The van der Waals surface area contributed by atoms with Gasteiger partial charge in [-0.3, -0.25) is 9.59 Å². The van der Waals surface area contributed by atoms with Crippen LogP contribution in [0.1, 0.15) is 31.0 Å². The van der Waals surface area contributed by atoms with Crippen LogP contribution in [-0.2, 0) is 9.59 Å². The molecule has 1 saturated heterocycles. The monoisotopic (exact) mass is 464 g/mol. The van der Waals surface area contributed by atoms with Crippen LogP contribution in [0, 0.1) is 0 Å². The highest BCUT2D eigenvalue weighted by atomic mass is 16.5. The Kier molecular flexibility index (Phi) is 8.12. The van der Waals surface area contributed by atoms with E-state index in [1.165, 1.54) is 4.90 Å². The minimum absolute atomic E-state index is 0.0159. The van der Waals surface area contributed by atoms with Crippen molar-refractivity contribution in [3.63, 3.8) is 0 Å². The van der Waals surface area contributed by atoms with E-state index in [-0.39, 0.29) is 11.7 Å². The van der Waals surface area contributed by atoms with Crippen LogP contribution < -0.4 is 19.5 Å². The molecule has 0 radical (unpaired) electrons. The zero-order valence-corrected chi connectivity index (χ0v) is 20.2. The zero-order chi connectivity index (χ0) is 24.8. The Morgan fingerprint density at radius 1 is 1.09 bits per heavy atom. The molecule has 180 valence electrons. The van der Waals surface area contributed by atoms with E-state index in [9.17, 15) is 14.7 Å². The molecule has 1 amide bonds. The maximum atomic E-state index is 13.5. The molecule has 34 heavy (non-hydrogen) atoms. The molecule has 7 heteroatoms. The summed E-state index contributed by atoms with van der Waals surface area (Å²) in [6.07, 6.45) is 1.64. The fraction of sp³-hybridized carbons (Fsp3) is 0.333. The van der Waals surface area contributed by atoms with Gasteiger partial charge in [0, 0.05) is 5.57 Å². The third-order valence-electron chi connectivity index (χ3n) is 5.43. The first-order valence-electron chi connectivity index (χ1n) is 11.4. The van der Waals surface area contributed by atoms with Crippen LogP contribution in [0.3, 0.4) is 0 Å². The van der Waals surface area contributed by atoms with E-state index in [1.54, 1.807) is 42.5 Å². The number of nitrogens with one attached hydrogen (secondary N) is 1. The minimum atomic E-state index is -0.753. The van der Waals surface area contributed by atoms with E-state index < -0.39 is 23.5 Å². The van der Waals surface area contributed by atoms with E-state index in [4.69, 9.17) is 9.47 Å². The molecule has 1 unspecified atom stereocenters. The Bertz CT molecular complexity index is 1060. The minimum Gasteiger partial charge on any atom is -0.872 e. The van der Waals surface area contributed by atoms with Gasteiger partial charge in [0.15, 0.2) is 0 Å². The number of rotatable bonds is 10. The average Bonchev–Trinajstić information content (AvgIpc) is 3.06. The first kappa shape index (κ1) is 25.1. The molecule has 1 atom stereocenters. The molecular formula is C27H32N2O5. The molecule has 3 rings (SSSR count). The number of hydrogen-bond acceptors (Lipinski definition) is 5. The lowest BCUT2D eigenvalue weighted by Crippen LogP contribution is -3.06. The molecule has 0 spiro atoms. The van der Waals surface area contributed by atoms with Crippen LogP contribution in [-0.4, -0.2) is 56.5 Å². The van der Waals surface area contributed by atoms with Gasteiger partial charge in [0.2, 0.25) is 5.78 Å². The van der Waals surface area contributed by atoms with Crippen molar-refractivity contribution in [2.24, 2.45) is 0 Å². The van der Waals surface area contributed by atoms with Crippen LogP contribution in [0.5, 0.6) is 11.5 Å². The van der Waals surface area contributed by atoms with E-state index in [1.807, 2.05) is 40.1 Å². The number of quaternary nitrogens is 1. The topological polar surface area (TPSA) is 83.3 Å². The second-order valence-electron chi connectivity index (χ2n) is 8.79. The third-order valence-corrected chi connectivity index (χ3v) is 5.43. The van der Waals surface area contributed by atoms with Gasteiger partial charge in [0.05, 0.1) is 39.3 Å². The molecular weight excluding hydrogens is 432 g/mol. The summed E-state index contributed by atoms with van der Waals surface area (Å²) < 4.78 is 11.2. The number of likely N-dealkylation sites (N-methyl/N-ethyl adjacent to an activating group) is 1. The molecule has 1 aliphatic heterocycles. The Labute approximate surface area is 200 Å². The molecule has 0 saturated carbocycles. The molecule has 1 N–H and O–H groups in total. The Balaban J connectivity index is 2.04. The highest BCUT2D eigenvalue weighted by Gasteiger charge is 2.44. The quantitative estimate of drug-likeness (QED) is 0.249. The lowest BCUT2D eigenvalue weighted by molar-refractivity contribution is -0.857. The Morgan fingerprint density at radius 2 is 1.71 bits per heavy atom. The number of carbonyl (C=O) groups is 2. The van der Waals surface area contributed by atoms with Crippen LogP contribution >= 0.6 is 0 Å². The van der Waals surface area contributed by atoms with Crippen molar-refractivity contribution in [3.8, 4) is 11.5 Å². The van der Waals surface area contributed by atoms with E-state index >= 15 is 0 Å². The number of ether oxygens (including phenoxy) is 2. The summed E-state index contributed by atoms with van der Waals surface area (Å²) in [5.41, 5.74) is 0.987. The molecule has 2 aromatic rings. The van der Waals surface area contributed by atoms with E-state index in [2.05, 4.69) is 6.58 Å². The number of carbonyl (C=O) groups excluding carboxylic acids is 2. The second-order valence-corrected chi connectivity index (χ2v) is 8.79. The van der Waals surface area contributed by atoms with Gasteiger partial charge < -0.3 is 24.4 Å². The summed E-state index contributed by atoms with van der Waals surface area (Å²) >= 11 is 0. The Morgan fingerprint density at radius 3 is 2.26 bits per heavy atom. The molecule has 0 aromatic heterocycles. The SMILES string of the molecule is C=CCOc1ccc(C([O-])=C2C(=O)C(=O)N(CC[NH+](C)C)C2c2ccc(OC(C)C)cc2)cc1. The number of nitrogens with zero attached hydrogens (tertiary/aromatic N) is 1. The van der Waals surface area contributed by atoms with Crippen LogP contribution in [0.2, 0.25) is 0 Å². The van der Waals surface area contributed by atoms with Crippen molar-refractivity contribution in [1.82, 2.24) is 4.90 Å². The smallest absolute Gasteiger partial charge is 0.295 e. The van der Waals surface area contributed by atoms with Gasteiger partial charge in [-0.2, -0.15) is 0 Å². The normalized spacial score (nSPS) is 17.5. The van der Waals surface area contributed by atoms with Crippen molar-refractivity contribution in [3.05, 3.63) is 77.9 Å². The number of amides is 1. The number of ketones is 1. The van der Waals surface area contributed by atoms with Crippen molar-refractivity contribution in [2.75, 3.05) is 33.8 Å². The maximum Gasteiger partial charge on any atom is 0.295 e. The van der Waals surface area contributed by atoms with Crippen molar-refractivity contribution in [2.45, 2.75) is 26.0 Å². The first-order chi connectivity index (χ1) is 16.2. The third kappa shape index (κ3) is 5.66. The fourth-order valence-electron chi connectivity index (χ4n) is 3.81. The predicted molar refractivity (Wildman–Crippen MR) is 128 cm³/mol. The lowest BCUT2D eigenvalue weighted by atomic mass is 9.95. The number of Topliss-reactive ketones (excluding diaryl/α,β-unsaturated/α-hetero) is 1. The second kappa shape index (κ2) is 11.0. The van der Waals surface area contributed by atoms with Crippen molar-refractivity contribution in [1.29, 1.82) is 0 Å². The average molecular weight is 465 g/mol. The fourth-order valence-corrected chi connectivity index (χ4v) is 3.81. The molecule has 2 aromatic carbocycles. The number of likely N-dealkylation sites (tertiary alicyclic amines) is 1. The molecule has 7 nitrogen and oxygen atoms in total. The summed E-state index contributed by atoms with van der Waals surface area (Å²) in [6, 6.07) is 13.0. The molecule has 1 fully saturated rings. The summed E-state index contributed by atoms with van der Waals surface area (Å²) in [7, 11) is 3.95. The summed E-state index contributed by atoms with van der Waals surface area (Å²) in [5.74, 6) is -0.591. The van der Waals surface area contributed by atoms with Gasteiger partial charge in [0.1, 0.15) is 18.1 Å². The lowest BCUT2D eigenvalue weighted by Gasteiger charge is -2.28. The summed E-state index contributed by atoms with van der Waals surface area (Å²) in [6.45, 7) is 8.83. The highest BCUT2D eigenvalue weighted by Crippen LogP contribution is 2.39. The van der Waals surface area contributed by atoms with Crippen LogP contribution in [0.25, 0.3) is 5.76 Å². The van der Waals surface area contributed by atoms with Gasteiger partial charge in [0.25, 0.3) is 5.91 Å². The predicted octanol–water partition coefficient (Wildman–Crippen LogP) is 1.41. The van der Waals surface area contributed by atoms with Gasteiger partial charge in [-0.15, -0.1) is 0 Å². The molecule has 0 bridgehead atoms. The molecule has 1 heterocycles. The highest BCUT2D eigenvalue weighted by molar-refractivity contribution is 6.46. The van der Waals surface area contributed by atoms with Gasteiger partial charge in [-0.05, 0) is 49.2 Å². The van der Waals surface area contributed by atoms with Crippen molar-refractivity contribution < 1.29 is 29.1 Å². The molecule has 1 aliphatic rings. The Hall–Kier alpha value is -3.58. The standard InChI is InChI=1S/C27H32N2O5/c1-6-17-33-21-11-9-20(10-12-21)25(30)23-24(19-7-13-22(14-8-19)34-18(2)3)29(16-15-28(4)5)27(32)26(23)31/h6-14,18,24,30H,1,15-17H2,2-5H3. The summed E-state index contributed by atoms with van der Waals surface area (Å²) in [4.78, 5) is 28.7. The van der Waals surface area contributed by atoms with Gasteiger partial charge in [-0.25, -0.2) is 0 Å². The van der Waals surface area contributed by atoms with Gasteiger partial charge >= 0.3 is 0 Å². The van der Waals surface area contributed by atoms with Crippen molar-refractivity contribution >= 4 is 17.4 Å². The zero-order valence-electron chi connectivity index (χ0n) is 20.2. The molecule has 0 aliphatic carbocycles. The van der Waals surface area contributed by atoms with Gasteiger partial charge in [-0.1, -0.05) is 42.7 Å². The van der Waals surface area contributed by atoms with Crippen LogP contribution in [0.4, 0.5) is 0 Å². The first-order valence-corrected chi connectivity index (χ1v) is 11.4. The van der Waals surface area contributed by atoms with E-state index in [0.717, 1.165) is 4.90 Å². The van der Waals surface area contributed by atoms with Crippen LogP contribution in [0.15, 0.2) is 66.8 Å². The maximum absolute atomic E-state index is 13.5. The number of benzene rings is 2. The summed E-state index contributed by atoms with van der Waals surface area (Å²) in [5, 5.41) is 13.5. The largest absolute Gasteiger partial charge is 0.872 e. The van der Waals surface area contributed by atoms with E-state index in [0.29, 0.717) is 42.3 Å².